The van der Waals surface area contributed by atoms with Crippen molar-refractivity contribution in [2.24, 2.45) is 0 Å². The number of amides is 2. The molecule has 1 heterocycles. The minimum absolute atomic E-state index is 0.289. The van der Waals surface area contributed by atoms with Gasteiger partial charge in [0.15, 0.2) is 0 Å². The van der Waals surface area contributed by atoms with Gasteiger partial charge in [-0.05, 0) is 49.4 Å². The Labute approximate surface area is 157 Å². The topological polar surface area (TPSA) is 80.3 Å². The van der Waals surface area contributed by atoms with Gasteiger partial charge in [0.2, 0.25) is 0 Å². The number of anilines is 2. The fourth-order valence-electron chi connectivity index (χ4n) is 2.48. The summed E-state index contributed by atoms with van der Waals surface area (Å²) in [7, 11) is 0. The maximum Gasteiger partial charge on any atom is 0.257 e. The molecule has 0 saturated carbocycles. The van der Waals surface area contributed by atoms with E-state index in [0.717, 1.165) is 0 Å². The van der Waals surface area contributed by atoms with Gasteiger partial charge < -0.3 is 15.4 Å². The first-order valence-corrected chi connectivity index (χ1v) is 8.52. The van der Waals surface area contributed by atoms with Gasteiger partial charge >= 0.3 is 0 Å². The van der Waals surface area contributed by atoms with E-state index < -0.39 is 0 Å². The minimum atomic E-state index is -0.292. The zero-order valence-electron chi connectivity index (χ0n) is 14.8. The van der Waals surface area contributed by atoms with Crippen LogP contribution in [0.5, 0.6) is 5.75 Å². The van der Waals surface area contributed by atoms with Crippen molar-refractivity contribution in [3.05, 3.63) is 84.2 Å². The summed E-state index contributed by atoms with van der Waals surface area (Å²) in [6.07, 6.45) is 3.08. The summed E-state index contributed by atoms with van der Waals surface area (Å²) in [6, 6.07) is 17.3. The molecule has 0 fully saturated rings. The van der Waals surface area contributed by atoms with Gasteiger partial charge in [0.05, 0.1) is 17.9 Å². The standard InChI is InChI=1S/C21H19N3O3/c1-2-27-19-11-4-3-10-18(19)24-20(25)15-7-5-9-17(13-15)23-21(26)16-8-6-12-22-14-16/h3-14H,2H2,1H3,(H,23,26)(H,24,25). The quantitative estimate of drug-likeness (QED) is 0.696. The molecule has 0 aliphatic heterocycles. The Hall–Kier alpha value is -3.67. The number of aromatic nitrogens is 1. The van der Waals surface area contributed by atoms with Crippen LogP contribution in [0.4, 0.5) is 11.4 Å². The molecular formula is C21H19N3O3. The molecule has 0 bridgehead atoms. The molecular weight excluding hydrogens is 342 g/mol. The smallest absolute Gasteiger partial charge is 0.257 e. The lowest BCUT2D eigenvalue weighted by Gasteiger charge is -2.12. The van der Waals surface area contributed by atoms with Crippen molar-refractivity contribution in [2.75, 3.05) is 17.2 Å². The summed E-state index contributed by atoms with van der Waals surface area (Å²) in [5, 5.41) is 5.60. The first-order chi connectivity index (χ1) is 13.2. The molecule has 2 N–H and O–H groups in total. The maximum absolute atomic E-state index is 12.6. The van der Waals surface area contributed by atoms with E-state index in [1.54, 1.807) is 54.7 Å². The lowest BCUT2D eigenvalue weighted by Crippen LogP contribution is -2.15. The third-order valence-electron chi connectivity index (χ3n) is 3.74. The minimum Gasteiger partial charge on any atom is -0.492 e. The summed E-state index contributed by atoms with van der Waals surface area (Å²) in [5.74, 6) is 0.0244. The molecule has 0 aliphatic carbocycles. The van der Waals surface area contributed by atoms with Crippen LogP contribution in [0.1, 0.15) is 27.6 Å². The second kappa shape index (κ2) is 8.62. The van der Waals surface area contributed by atoms with Crippen molar-refractivity contribution in [2.45, 2.75) is 6.92 Å². The molecule has 27 heavy (non-hydrogen) atoms. The summed E-state index contributed by atoms with van der Waals surface area (Å²) in [4.78, 5) is 28.8. The summed E-state index contributed by atoms with van der Waals surface area (Å²) in [6.45, 7) is 2.38. The second-order valence-corrected chi connectivity index (χ2v) is 5.66. The Morgan fingerprint density at radius 3 is 2.48 bits per heavy atom. The van der Waals surface area contributed by atoms with Gasteiger partial charge in [-0.25, -0.2) is 0 Å². The van der Waals surface area contributed by atoms with Crippen molar-refractivity contribution in [1.82, 2.24) is 4.98 Å². The zero-order valence-corrected chi connectivity index (χ0v) is 14.8. The molecule has 136 valence electrons. The summed E-state index contributed by atoms with van der Waals surface area (Å²) < 4.78 is 5.52. The number of hydrogen-bond acceptors (Lipinski definition) is 4. The fraction of sp³-hybridized carbons (Fsp3) is 0.0952. The van der Waals surface area contributed by atoms with Gasteiger partial charge in [0, 0.05) is 23.6 Å². The average Bonchev–Trinajstić information content (AvgIpc) is 2.70. The van der Waals surface area contributed by atoms with Crippen molar-refractivity contribution in [3.63, 3.8) is 0 Å². The number of para-hydroxylation sites is 2. The third kappa shape index (κ3) is 4.70. The molecule has 0 aliphatic rings. The van der Waals surface area contributed by atoms with Crippen LogP contribution in [-0.2, 0) is 0 Å². The fourth-order valence-corrected chi connectivity index (χ4v) is 2.48. The normalized spacial score (nSPS) is 10.1. The van der Waals surface area contributed by atoms with Gasteiger partial charge in [-0.2, -0.15) is 0 Å². The third-order valence-corrected chi connectivity index (χ3v) is 3.74. The zero-order chi connectivity index (χ0) is 19.1. The Bertz CT molecular complexity index is 942. The molecule has 0 unspecified atom stereocenters. The highest BCUT2D eigenvalue weighted by atomic mass is 16.5. The number of carbonyl (C=O) groups excluding carboxylic acids is 2. The van der Waals surface area contributed by atoms with Crippen LogP contribution in [0.2, 0.25) is 0 Å². The van der Waals surface area contributed by atoms with Crippen LogP contribution in [-0.4, -0.2) is 23.4 Å². The summed E-state index contributed by atoms with van der Waals surface area (Å²) >= 11 is 0. The molecule has 6 heteroatoms. The first kappa shape index (κ1) is 18.1. The van der Waals surface area contributed by atoms with E-state index in [1.165, 1.54) is 6.20 Å². The van der Waals surface area contributed by atoms with Gasteiger partial charge in [-0.3, -0.25) is 14.6 Å². The van der Waals surface area contributed by atoms with E-state index in [4.69, 9.17) is 4.74 Å². The highest BCUT2D eigenvalue weighted by Gasteiger charge is 2.11. The highest BCUT2D eigenvalue weighted by molar-refractivity contribution is 6.07. The van der Waals surface area contributed by atoms with E-state index in [2.05, 4.69) is 15.6 Å². The number of ether oxygens (including phenoxy) is 1. The number of rotatable bonds is 6. The van der Waals surface area contributed by atoms with Crippen LogP contribution >= 0.6 is 0 Å². The van der Waals surface area contributed by atoms with Crippen LogP contribution in [0.25, 0.3) is 0 Å². The molecule has 6 nitrogen and oxygen atoms in total. The molecule has 0 saturated heterocycles. The van der Waals surface area contributed by atoms with Crippen molar-refractivity contribution >= 4 is 23.2 Å². The molecule has 3 aromatic rings. The average molecular weight is 361 g/mol. The molecule has 0 radical (unpaired) electrons. The molecule has 2 aromatic carbocycles. The first-order valence-electron chi connectivity index (χ1n) is 8.52. The molecule has 0 spiro atoms. The second-order valence-electron chi connectivity index (χ2n) is 5.66. The Balaban J connectivity index is 1.73. The number of carbonyl (C=O) groups is 2. The van der Waals surface area contributed by atoms with E-state index >= 15 is 0 Å². The Morgan fingerprint density at radius 2 is 1.70 bits per heavy atom. The largest absolute Gasteiger partial charge is 0.492 e. The van der Waals surface area contributed by atoms with Crippen molar-refractivity contribution in [3.8, 4) is 5.75 Å². The van der Waals surface area contributed by atoms with E-state index in [9.17, 15) is 9.59 Å². The van der Waals surface area contributed by atoms with E-state index in [0.29, 0.717) is 34.9 Å². The maximum atomic E-state index is 12.6. The van der Waals surface area contributed by atoms with Gasteiger partial charge in [-0.1, -0.05) is 18.2 Å². The highest BCUT2D eigenvalue weighted by Crippen LogP contribution is 2.24. The molecule has 3 rings (SSSR count). The van der Waals surface area contributed by atoms with Crippen LogP contribution in [0.15, 0.2) is 73.1 Å². The Kier molecular flexibility index (Phi) is 5.79. The predicted molar refractivity (Wildman–Crippen MR) is 104 cm³/mol. The number of benzene rings is 2. The van der Waals surface area contributed by atoms with Crippen molar-refractivity contribution in [1.29, 1.82) is 0 Å². The van der Waals surface area contributed by atoms with E-state index in [1.807, 2.05) is 19.1 Å². The van der Waals surface area contributed by atoms with Crippen LogP contribution in [0, 0.1) is 0 Å². The molecule has 1 aromatic heterocycles. The number of pyridine rings is 1. The van der Waals surface area contributed by atoms with Gasteiger partial charge in [0.1, 0.15) is 5.75 Å². The SMILES string of the molecule is CCOc1ccccc1NC(=O)c1cccc(NC(=O)c2cccnc2)c1. The van der Waals surface area contributed by atoms with E-state index in [-0.39, 0.29) is 11.8 Å². The van der Waals surface area contributed by atoms with Crippen LogP contribution < -0.4 is 15.4 Å². The molecule has 2 amide bonds. The number of nitrogens with zero attached hydrogens (tertiary/aromatic N) is 1. The van der Waals surface area contributed by atoms with Gasteiger partial charge in [0.25, 0.3) is 11.8 Å². The Morgan fingerprint density at radius 1 is 0.926 bits per heavy atom. The van der Waals surface area contributed by atoms with Gasteiger partial charge in [-0.15, -0.1) is 0 Å². The monoisotopic (exact) mass is 361 g/mol. The lowest BCUT2D eigenvalue weighted by atomic mass is 10.1. The van der Waals surface area contributed by atoms with Crippen LogP contribution in [0.3, 0.4) is 0 Å². The predicted octanol–water partition coefficient (Wildman–Crippen LogP) is 3.98. The summed E-state index contributed by atoms with van der Waals surface area (Å²) in [5.41, 5.74) is 1.98. The lowest BCUT2D eigenvalue weighted by molar-refractivity contribution is 0.101. The molecule has 0 atom stereocenters. The number of hydrogen-bond donors (Lipinski definition) is 2. The number of nitrogens with one attached hydrogen (secondary N) is 2. The van der Waals surface area contributed by atoms with Crippen molar-refractivity contribution < 1.29 is 14.3 Å².